The van der Waals surface area contributed by atoms with Crippen molar-refractivity contribution in [2.75, 3.05) is 0 Å². The van der Waals surface area contributed by atoms with Gasteiger partial charge < -0.3 is 0 Å². The molecule has 0 aliphatic heterocycles. The van der Waals surface area contributed by atoms with Gasteiger partial charge in [0.25, 0.3) is 6.43 Å². The Hall–Kier alpha value is -1.39. The molecule has 0 bridgehead atoms. The summed E-state index contributed by atoms with van der Waals surface area (Å²) in [7, 11) is 0. The van der Waals surface area contributed by atoms with Crippen LogP contribution in [-0.4, -0.2) is 6.29 Å². The number of hydrogen-bond donors (Lipinski definition) is 0. The lowest BCUT2D eigenvalue weighted by molar-refractivity contribution is 0.112. The Kier molecular flexibility index (Phi) is 4.56. The van der Waals surface area contributed by atoms with Gasteiger partial charge in [-0.3, -0.25) is 4.79 Å². The van der Waals surface area contributed by atoms with E-state index in [1.165, 1.54) is 23.9 Å². The van der Waals surface area contributed by atoms with Crippen molar-refractivity contribution in [2.24, 2.45) is 0 Å². The number of carbonyl (C=O) groups is 1. The van der Waals surface area contributed by atoms with Gasteiger partial charge in [0.1, 0.15) is 0 Å². The van der Waals surface area contributed by atoms with Crippen LogP contribution in [-0.2, 0) is 0 Å². The van der Waals surface area contributed by atoms with E-state index in [1.807, 2.05) is 0 Å². The van der Waals surface area contributed by atoms with Crippen molar-refractivity contribution >= 4 is 29.6 Å². The van der Waals surface area contributed by atoms with Gasteiger partial charge in [0.05, 0.1) is 5.02 Å². The molecule has 0 aliphatic carbocycles. The van der Waals surface area contributed by atoms with Crippen LogP contribution < -0.4 is 0 Å². The SMILES string of the molecule is O=Cc1ccc(Sc2cccc(C(F)F)c2)cc1Cl. The Balaban J connectivity index is 2.23. The van der Waals surface area contributed by atoms with Gasteiger partial charge >= 0.3 is 0 Å². The molecule has 0 amide bonds. The van der Waals surface area contributed by atoms with Gasteiger partial charge in [0.2, 0.25) is 0 Å². The monoisotopic (exact) mass is 298 g/mol. The summed E-state index contributed by atoms with van der Waals surface area (Å²) in [5.74, 6) is 0. The summed E-state index contributed by atoms with van der Waals surface area (Å²) in [6.45, 7) is 0. The van der Waals surface area contributed by atoms with Gasteiger partial charge in [0.15, 0.2) is 6.29 Å². The first-order chi connectivity index (χ1) is 9.10. The third-order valence-corrected chi connectivity index (χ3v) is 3.75. The molecule has 1 nitrogen and oxygen atoms in total. The molecule has 0 heterocycles. The molecule has 0 unspecified atom stereocenters. The highest BCUT2D eigenvalue weighted by Crippen LogP contribution is 2.32. The van der Waals surface area contributed by atoms with Crippen LogP contribution >= 0.6 is 23.4 Å². The molecule has 0 aliphatic rings. The molecule has 0 aromatic heterocycles. The predicted molar refractivity (Wildman–Crippen MR) is 72.4 cm³/mol. The van der Waals surface area contributed by atoms with Crippen molar-refractivity contribution in [2.45, 2.75) is 16.2 Å². The molecule has 5 heteroatoms. The predicted octanol–water partition coefficient (Wildman–Crippen LogP) is 5.24. The van der Waals surface area contributed by atoms with Gasteiger partial charge in [-0.05, 0) is 30.3 Å². The minimum Gasteiger partial charge on any atom is -0.298 e. The van der Waals surface area contributed by atoms with E-state index in [-0.39, 0.29) is 5.56 Å². The van der Waals surface area contributed by atoms with Crippen LogP contribution in [0.25, 0.3) is 0 Å². The maximum atomic E-state index is 12.6. The first-order valence-corrected chi connectivity index (χ1v) is 6.60. The van der Waals surface area contributed by atoms with E-state index in [4.69, 9.17) is 11.6 Å². The zero-order valence-corrected chi connectivity index (χ0v) is 11.2. The maximum absolute atomic E-state index is 12.6. The third kappa shape index (κ3) is 3.55. The summed E-state index contributed by atoms with van der Waals surface area (Å²) in [5, 5.41) is 0.352. The molecule has 0 radical (unpaired) electrons. The standard InChI is InChI=1S/C14H9ClF2OS/c15-13-7-12(5-4-10(13)8-18)19-11-3-1-2-9(6-11)14(16)17/h1-8,14H. The average Bonchev–Trinajstić information content (AvgIpc) is 2.39. The number of rotatable bonds is 4. The van der Waals surface area contributed by atoms with Crippen LogP contribution in [0.2, 0.25) is 5.02 Å². The topological polar surface area (TPSA) is 17.1 Å². The summed E-state index contributed by atoms with van der Waals surface area (Å²) >= 11 is 7.23. The third-order valence-electron chi connectivity index (χ3n) is 2.44. The van der Waals surface area contributed by atoms with Crippen LogP contribution in [0.1, 0.15) is 22.3 Å². The number of benzene rings is 2. The van der Waals surface area contributed by atoms with Crippen LogP contribution in [0.15, 0.2) is 52.3 Å². The normalized spacial score (nSPS) is 10.7. The molecule has 0 spiro atoms. The van der Waals surface area contributed by atoms with Gasteiger partial charge in [-0.1, -0.05) is 35.5 Å². The van der Waals surface area contributed by atoms with Gasteiger partial charge in [-0.2, -0.15) is 0 Å². The Morgan fingerprint density at radius 3 is 2.47 bits per heavy atom. The van der Waals surface area contributed by atoms with Crippen LogP contribution in [0.3, 0.4) is 0 Å². The molecule has 0 fully saturated rings. The van der Waals surface area contributed by atoms with Crippen LogP contribution in [0.5, 0.6) is 0 Å². The Morgan fingerprint density at radius 1 is 1.11 bits per heavy atom. The minimum absolute atomic E-state index is 0.0133. The first-order valence-electron chi connectivity index (χ1n) is 5.41. The summed E-state index contributed by atoms with van der Waals surface area (Å²) in [4.78, 5) is 12.1. The fourth-order valence-electron chi connectivity index (χ4n) is 1.52. The average molecular weight is 299 g/mol. The van der Waals surface area contributed by atoms with E-state index < -0.39 is 6.43 Å². The van der Waals surface area contributed by atoms with E-state index in [0.29, 0.717) is 21.8 Å². The second kappa shape index (κ2) is 6.17. The smallest absolute Gasteiger partial charge is 0.263 e. The molecule has 2 aromatic carbocycles. The molecule has 2 rings (SSSR count). The lowest BCUT2D eigenvalue weighted by atomic mass is 10.2. The second-order valence-electron chi connectivity index (χ2n) is 3.78. The molecule has 98 valence electrons. The van der Waals surface area contributed by atoms with E-state index in [0.717, 1.165) is 4.90 Å². The highest BCUT2D eigenvalue weighted by molar-refractivity contribution is 7.99. The van der Waals surface area contributed by atoms with Crippen molar-refractivity contribution in [1.29, 1.82) is 0 Å². The molecule has 0 N–H and O–H groups in total. The highest BCUT2D eigenvalue weighted by Gasteiger charge is 2.08. The van der Waals surface area contributed by atoms with Crippen molar-refractivity contribution in [3.8, 4) is 0 Å². The number of aldehydes is 1. The summed E-state index contributed by atoms with van der Waals surface area (Å²) in [6.07, 6.45) is -1.81. The van der Waals surface area contributed by atoms with E-state index in [1.54, 1.807) is 30.3 Å². The first kappa shape index (κ1) is 14.0. The Labute approximate surface area is 118 Å². The lowest BCUT2D eigenvalue weighted by Crippen LogP contribution is -1.85. The molecule has 0 saturated carbocycles. The van der Waals surface area contributed by atoms with E-state index in [2.05, 4.69) is 0 Å². The molecule has 0 saturated heterocycles. The van der Waals surface area contributed by atoms with Gasteiger partial charge in [-0.15, -0.1) is 0 Å². The molecule has 2 aromatic rings. The lowest BCUT2D eigenvalue weighted by Gasteiger charge is -2.05. The molecule has 19 heavy (non-hydrogen) atoms. The second-order valence-corrected chi connectivity index (χ2v) is 5.33. The summed E-state index contributed by atoms with van der Waals surface area (Å²) in [5.41, 5.74) is 0.396. The Morgan fingerprint density at radius 2 is 1.84 bits per heavy atom. The number of carbonyl (C=O) groups excluding carboxylic acids is 1. The van der Waals surface area contributed by atoms with E-state index >= 15 is 0 Å². The molecular formula is C14H9ClF2OS. The number of hydrogen-bond acceptors (Lipinski definition) is 2. The maximum Gasteiger partial charge on any atom is 0.263 e. The van der Waals surface area contributed by atoms with E-state index in [9.17, 15) is 13.6 Å². The Bertz CT molecular complexity index is 602. The molecule has 0 atom stereocenters. The van der Waals surface area contributed by atoms with Crippen LogP contribution in [0.4, 0.5) is 8.78 Å². The fraction of sp³-hybridized carbons (Fsp3) is 0.0714. The zero-order chi connectivity index (χ0) is 13.8. The van der Waals surface area contributed by atoms with Crippen molar-refractivity contribution in [3.63, 3.8) is 0 Å². The summed E-state index contributed by atoms with van der Waals surface area (Å²) in [6, 6.07) is 11.1. The molecular weight excluding hydrogens is 290 g/mol. The largest absolute Gasteiger partial charge is 0.298 e. The minimum atomic E-state index is -2.48. The number of halogens is 3. The van der Waals surface area contributed by atoms with Crippen molar-refractivity contribution < 1.29 is 13.6 Å². The number of alkyl halides is 2. The highest BCUT2D eigenvalue weighted by atomic mass is 35.5. The van der Waals surface area contributed by atoms with Crippen molar-refractivity contribution in [3.05, 3.63) is 58.6 Å². The quantitative estimate of drug-likeness (QED) is 0.718. The van der Waals surface area contributed by atoms with Crippen LogP contribution in [0, 0.1) is 0 Å². The van der Waals surface area contributed by atoms with Gasteiger partial charge in [-0.25, -0.2) is 8.78 Å². The van der Waals surface area contributed by atoms with Crippen molar-refractivity contribution in [1.82, 2.24) is 0 Å². The fourth-order valence-corrected chi connectivity index (χ4v) is 2.73. The summed E-state index contributed by atoms with van der Waals surface area (Å²) < 4.78 is 25.2. The zero-order valence-electron chi connectivity index (χ0n) is 9.65. The van der Waals surface area contributed by atoms with Gasteiger partial charge in [0, 0.05) is 20.9 Å².